The number of nitrogens with one attached hydrogen (secondary N) is 2. The molecule has 0 bridgehead atoms. The highest BCUT2D eigenvalue weighted by Gasteiger charge is 2.32. The molecule has 2 aliphatic rings. The second-order valence-electron chi connectivity index (χ2n) is 7.09. The summed E-state index contributed by atoms with van der Waals surface area (Å²) in [5.41, 5.74) is 1.67. The Morgan fingerprint density at radius 1 is 1.17 bits per heavy atom. The Labute approximate surface area is 171 Å². The van der Waals surface area contributed by atoms with Gasteiger partial charge in [0, 0.05) is 42.5 Å². The zero-order valence-corrected chi connectivity index (χ0v) is 16.2. The van der Waals surface area contributed by atoms with Crippen LogP contribution >= 0.6 is 0 Å². The van der Waals surface area contributed by atoms with E-state index in [-0.39, 0.29) is 24.1 Å². The summed E-state index contributed by atoms with van der Waals surface area (Å²) in [6, 6.07) is 8.65. The number of rotatable bonds is 4. The molecular weight excluding hydrogens is 392 g/mol. The number of amides is 3. The van der Waals surface area contributed by atoms with Gasteiger partial charge in [0.25, 0.3) is 5.69 Å². The Morgan fingerprint density at radius 3 is 2.67 bits per heavy atom. The number of aryl methyl sites for hydroxylation is 1. The second-order valence-corrected chi connectivity index (χ2v) is 7.09. The minimum absolute atomic E-state index is 0.0464. The average Bonchev–Trinajstić information content (AvgIpc) is 3.08. The van der Waals surface area contributed by atoms with E-state index < -0.39 is 11.0 Å². The lowest BCUT2D eigenvalue weighted by atomic mass is 10.2. The van der Waals surface area contributed by atoms with E-state index in [0.717, 1.165) is 0 Å². The second kappa shape index (κ2) is 7.90. The van der Waals surface area contributed by atoms with Crippen LogP contribution in [0.25, 0.3) is 0 Å². The predicted molar refractivity (Wildman–Crippen MR) is 108 cm³/mol. The van der Waals surface area contributed by atoms with Crippen molar-refractivity contribution in [2.24, 2.45) is 0 Å². The topological polar surface area (TPSA) is 123 Å². The van der Waals surface area contributed by atoms with Crippen molar-refractivity contribution in [3.63, 3.8) is 0 Å². The third-order valence-electron chi connectivity index (χ3n) is 4.97. The van der Waals surface area contributed by atoms with Crippen molar-refractivity contribution in [3.05, 3.63) is 52.1 Å². The molecule has 1 atom stereocenters. The number of anilines is 2. The van der Waals surface area contributed by atoms with E-state index in [2.05, 4.69) is 10.6 Å². The Kier molecular flexibility index (Phi) is 5.13. The van der Waals surface area contributed by atoms with E-state index in [0.29, 0.717) is 48.2 Å². The number of nitro benzene ring substituents is 1. The normalized spacial score (nSPS) is 17.6. The number of nitrogens with zero attached hydrogens (tertiary/aromatic N) is 2. The lowest BCUT2D eigenvalue weighted by molar-refractivity contribution is -0.384. The molecule has 4 rings (SSSR count). The summed E-state index contributed by atoms with van der Waals surface area (Å²) in [4.78, 5) is 36.8. The van der Waals surface area contributed by atoms with Crippen molar-refractivity contribution < 1.29 is 24.0 Å². The van der Waals surface area contributed by atoms with Crippen molar-refractivity contribution in [2.75, 3.05) is 30.0 Å². The number of benzene rings is 2. The molecule has 2 heterocycles. The number of carbonyl (C=O) groups is 2. The molecule has 10 heteroatoms. The van der Waals surface area contributed by atoms with Crippen molar-refractivity contribution >= 4 is 29.0 Å². The SMILES string of the molecule is Cc1cc([N+](=O)[O-])ccc1NC(=O)NC1CC(=O)N(c2ccc3c(c2)OCCO3)C1. The predicted octanol–water partition coefficient (Wildman–Crippen LogP) is 2.60. The van der Waals surface area contributed by atoms with Crippen LogP contribution in [0.2, 0.25) is 0 Å². The fourth-order valence-corrected chi connectivity index (χ4v) is 3.50. The molecule has 0 aliphatic carbocycles. The van der Waals surface area contributed by atoms with Gasteiger partial charge in [0.2, 0.25) is 5.91 Å². The highest BCUT2D eigenvalue weighted by Crippen LogP contribution is 2.35. The molecule has 2 aliphatic heterocycles. The summed E-state index contributed by atoms with van der Waals surface area (Å²) in [6.45, 7) is 2.94. The summed E-state index contributed by atoms with van der Waals surface area (Å²) in [7, 11) is 0. The lowest BCUT2D eigenvalue weighted by Crippen LogP contribution is -2.39. The summed E-state index contributed by atoms with van der Waals surface area (Å²) in [6.07, 6.45) is 0.168. The molecule has 2 aromatic rings. The fourth-order valence-electron chi connectivity index (χ4n) is 3.50. The smallest absolute Gasteiger partial charge is 0.319 e. The van der Waals surface area contributed by atoms with Crippen molar-refractivity contribution in [1.29, 1.82) is 0 Å². The molecule has 0 spiro atoms. The lowest BCUT2D eigenvalue weighted by Gasteiger charge is -2.22. The van der Waals surface area contributed by atoms with Gasteiger partial charge < -0.3 is 25.0 Å². The van der Waals surface area contributed by atoms with E-state index in [1.807, 2.05) is 0 Å². The van der Waals surface area contributed by atoms with Gasteiger partial charge in [0.1, 0.15) is 13.2 Å². The van der Waals surface area contributed by atoms with Gasteiger partial charge in [-0.3, -0.25) is 14.9 Å². The number of ether oxygens (including phenoxy) is 2. The van der Waals surface area contributed by atoms with Crippen LogP contribution in [0, 0.1) is 17.0 Å². The Bertz CT molecular complexity index is 1020. The highest BCUT2D eigenvalue weighted by atomic mass is 16.6. The monoisotopic (exact) mass is 412 g/mol. The largest absolute Gasteiger partial charge is 0.486 e. The maximum absolute atomic E-state index is 12.5. The number of nitro groups is 1. The molecule has 1 fully saturated rings. The van der Waals surface area contributed by atoms with Crippen LogP contribution in [0.5, 0.6) is 11.5 Å². The third-order valence-corrected chi connectivity index (χ3v) is 4.97. The molecule has 0 radical (unpaired) electrons. The maximum Gasteiger partial charge on any atom is 0.319 e. The Balaban J connectivity index is 1.39. The number of carbonyl (C=O) groups excluding carboxylic acids is 2. The number of non-ortho nitro benzene ring substituents is 1. The first-order valence-corrected chi connectivity index (χ1v) is 9.43. The molecular formula is C20H20N4O6. The minimum atomic E-state index is -0.493. The zero-order chi connectivity index (χ0) is 21.3. The van der Waals surface area contributed by atoms with E-state index in [4.69, 9.17) is 9.47 Å². The Morgan fingerprint density at radius 2 is 1.93 bits per heavy atom. The molecule has 156 valence electrons. The van der Waals surface area contributed by atoms with Crippen LogP contribution in [-0.2, 0) is 4.79 Å². The summed E-state index contributed by atoms with van der Waals surface area (Å²) >= 11 is 0. The van der Waals surface area contributed by atoms with Crippen LogP contribution < -0.4 is 25.0 Å². The van der Waals surface area contributed by atoms with E-state index >= 15 is 0 Å². The molecule has 1 unspecified atom stereocenters. The molecule has 2 N–H and O–H groups in total. The first kappa shape index (κ1) is 19.5. The molecule has 0 aromatic heterocycles. The van der Waals surface area contributed by atoms with Gasteiger partial charge in [-0.2, -0.15) is 0 Å². The first-order chi connectivity index (χ1) is 14.4. The quantitative estimate of drug-likeness (QED) is 0.588. The van der Waals surface area contributed by atoms with Crippen LogP contribution in [0.1, 0.15) is 12.0 Å². The number of hydrogen-bond acceptors (Lipinski definition) is 6. The fraction of sp³-hybridized carbons (Fsp3) is 0.300. The maximum atomic E-state index is 12.5. The third kappa shape index (κ3) is 3.97. The summed E-state index contributed by atoms with van der Waals surface area (Å²) < 4.78 is 11.1. The number of hydrogen-bond donors (Lipinski definition) is 2. The molecule has 0 saturated carbocycles. The van der Waals surface area contributed by atoms with Gasteiger partial charge in [-0.05, 0) is 30.7 Å². The van der Waals surface area contributed by atoms with Crippen molar-refractivity contribution in [2.45, 2.75) is 19.4 Å². The highest BCUT2D eigenvalue weighted by molar-refractivity contribution is 5.98. The van der Waals surface area contributed by atoms with Gasteiger partial charge in [0.05, 0.1) is 11.0 Å². The average molecular weight is 412 g/mol. The summed E-state index contributed by atoms with van der Waals surface area (Å²) in [5.74, 6) is 1.13. The zero-order valence-electron chi connectivity index (χ0n) is 16.2. The van der Waals surface area contributed by atoms with Crippen LogP contribution in [0.15, 0.2) is 36.4 Å². The molecule has 2 aromatic carbocycles. The molecule has 30 heavy (non-hydrogen) atoms. The molecule has 3 amide bonds. The number of fused-ring (bicyclic) bond motifs is 1. The standard InChI is InChI=1S/C20H20N4O6/c1-12-8-15(24(27)28)2-4-16(12)22-20(26)21-13-9-19(25)23(11-13)14-3-5-17-18(10-14)30-7-6-29-17/h2-5,8,10,13H,6-7,9,11H2,1H3,(H2,21,22,26). The summed E-state index contributed by atoms with van der Waals surface area (Å²) in [5, 5.41) is 16.3. The van der Waals surface area contributed by atoms with Crippen molar-refractivity contribution in [1.82, 2.24) is 5.32 Å². The van der Waals surface area contributed by atoms with Crippen LogP contribution in [-0.4, -0.2) is 42.7 Å². The van der Waals surface area contributed by atoms with E-state index in [1.165, 1.54) is 18.2 Å². The van der Waals surface area contributed by atoms with Crippen LogP contribution in [0.4, 0.5) is 21.9 Å². The van der Waals surface area contributed by atoms with Gasteiger partial charge in [-0.1, -0.05) is 0 Å². The van der Waals surface area contributed by atoms with Gasteiger partial charge in [0.15, 0.2) is 11.5 Å². The first-order valence-electron chi connectivity index (χ1n) is 9.43. The van der Waals surface area contributed by atoms with Crippen LogP contribution in [0.3, 0.4) is 0 Å². The van der Waals surface area contributed by atoms with Gasteiger partial charge in [-0.25, -0.2) is 4.79 Å². The van der Waals surface area contributed by atoms with Gasteiger partial charge in [-0.15, -0.1) is 0 Å². The van der Waals surface area contributed by atoms with E-state index in [1.54, 1.807) is 30.0 Å². The number of urea groups is 1. The molecule has 1 saturated heterocycles. The Hall–Kier alpha value is -3.82. The van der Waals surface area contributed by atoms with E-state index in [9.17, 15) is 19.7 Å². The molecule has 10 nitrogen and oxygen atoms in total. The minimum Gasteiger partial charge on any atom is -0.486 e. The van der Waals surface area contributed by atoms with Crippen molar-refractivity contribution in [3.8, 4) is 11.5 Å². The van der Waals surface area contributed by atoms with Gasteiger partial charge >= 0.3 is 6.03 Å².